The monoisotopic (exact) mass is 226 g/mol. The van der Waals surface area contributed by atoms with Crippen molar-refractivity contribution in [3.05, 3.63) is 35.9 Å². The van der Waals surface area contributed by atoms with E-state index in [-0.39, 0.29) is 5.56 Å². The van der Waals surface area contributed by atoms with Crippen LogP contribution in [0, 0.1) is 10.8 Å². The minimum atomic E-state index is -2.97. The van der Waals surface area contributed by atoms with Crippen molar-refractivity contribution >= 4 is 0 Å². The Hall–Kier alpha value is -0.960. The molecule has 88 valence electrons. The van der Waals surface area contributed by atoms with E-state index in [1.165, 1.54) is 12.1 Å². The van der Waals surface area contributed by atoms with E-state index < -0.39 is 23.4 Å². The van der Waals surface area contributed by atoms with E-state index in [1.54, 1.807) is 32.0 Å². The number of aliphatic hydroxyl groups is 1. The molecule has 1 N–H and O–H groups in total. The highest BCUT2D eigenvalue weighted by molar-refractivity contribution is 5.29. The molecule has 2 rings (SSSR count). The maximum atomic E-state index is 14.3. The maximum Gasteiger partial charge on any atom is 0.281 e. The largest absolute Gasteiger partial charge is 0.396 e. The van der Waals surface area contributed by atoms with E-state index in [0.29, 0.717) is 6.42 Å². The SMILES string of the molecule is CC1(C)CC1(CO)C(F)(F)c1ccccc1. The van der Waals surface area contributed by atoms with E-state index >= 15 is 0 Å². The zero-order valence-electron chi connectivity index (χ0n) is 9.50. The lowest BCUT2D eigenvalue weighted by atomic mass is 9.85. The van der Waals surface area contributed by atoms with Crippen molar-refractivity contribution in [2.75, 3.05) is 6.61 Å². The molecule has 0 bridgehead atoms. The Morgan fingerprint density at radius 1 is 1.25 bits per heavy atom. The fraction of sp³-hybridized carbons (Fsp3) is 0.538. The van der Waals surface area contributed by atoms with Crippen LogP contribution in [0.15, 0.2) is 30.3 Å². The van der Waals surface area contributed by atoms with Gasteiger partial charge in [-0.2, -0.15) is 0 Å². The van der Waals surface area contributed by atoms with Crippen LogP contribution in [0.5, 0.6) is 0 Å². The molecule has 1 aliphatic carbocycles. The number of aliphatic hydroxyl groups excluding tert-OH is 1. The van der Waals surface area contributed by atoms with Crippen molar-refractivity contribution in [1.82, 2.24) is 0 Å². The molecule has 1 atom stereocenters. The highest BCUT2D eigenvalue weighted by atomic mass is 19.3. The normalized spacial score (nSPS) is 27.8. The van der Waals surface area contributed by atoms with Crippen LogP contribution >= 0.6 is 0 Å². The van der Waals surface area contributed by atoms with Crippen LogP contribution in [-0.4, -0.2) is 11.7 Å². The van der Waals surface area contributed by atoms with Gasteiger partial charge < -0.3 is 5.11 Å². The maximum absolute atomic E-state index is 14.3. The Balaban J connectivity index is 2.41. The molecular weight excluding hydrogens is 210 g/mol. The predicted octanol–water partition coefficient (Wildman–Crippen LogP) is 3.19. The van der Waals surface area contributed by atoms with Gasteiger partial charge in [0.05, 0.1) is 12.0 Å². The van der Waals surface area contributed by atoms with Gasteiger partial charge in [-0.3, -0.25) is 0 Å². The first kappa shape index (κ1) is 11.5. The second-order valence-corrected chi connectivity index (χ2v) is 5.24. The van der Waals surface area contributed by atoms with Crippen molar-refractivity contribution in [1.29, 1.82) is 0 Å². The first-order chi connectivity index (χ1) is 7.37. The predicted molar refractivity (Wildman–Crippen MR) is 58.3 cm³/mol. The van der Waals surface area contributed by atoms with Crippen molar-refractivity contribution < 1.29 is 13.9 Å². The molecule has 3 heteroatoms. The highest BCUT2D eigenvalue weighted by Gasteiger charge is 2.74. The van der Waals surface area contributed by atoms with Crippen LogP contribution < -0.4 is 0 Å². The quantitative estimate of drug-likeness (QED) is 0.839. The molecule has 1 unspecified atom stereocenters. The third-order valence-electron chi connectivity index (χ3n) is 3.92. The third kappa shape index (κ3) is 1.31. The Kier molecular flexibility index (Phi) is 2.35. The van der Waals surface area contributed by atoms with Gasteiger partial charge in [-0.05, 0) is 11.8 Å². The van der Waals surface area contributed by atoms with E-state index in [0.717, 1.165) is 0 Å². The molecular formula is C13H16F2O. The van der Waals surface area contributed by atoms with Gasteiger partial charge in [-0.25, -0.2) is 8.78 Å². The summed E-state index contributed by atoms with van der Waals surface area (Å²) in [5.74, 6) is -2.97. The van der Waals surface area contributed by atoms with E-state index in [9.17, 15) is 13.9 Å². The van der Waals surface area contributed by atoms with Gasteiger partial charge >= 0.3 is 0 Å². The fourth-order valence-electron chi connectivity index (χ4n) is 2.54. The van der Waals surface area contributed by atoms with Gasteiger partial charge in [0, 0.05) is 5.56 Å². The summed E-state index contributed by atoms with van der Waals surface area (Å²) >= 11 is 0. The number of rotatable bonds is 3. The van der Waals surface area contributed by atoms with Gasteiger partial charge in [-0.15, -0.1) is 0 Å². The first-order valence-corrected chi connectivity index (χ1v) is 5.42. The summed E-state index contributed by atoms with van der Waals surface area (Å²) in [7, 11) is 0. The molecule has 1 aliphatic rings. The minimum absolute atomic E-state index is 0.00498. The zero-order valence-corrected chi connectivity index (χ0v) is 9.50. The van der Waals surface area contributed by atoms with Crippen molar-refractivity contribution in [2.24, 2.45) is 10.8 Å². The number of hydrogen-bond donors (Lipinski definition) is 1. The summed E-state index contributed by atoms with van der Waals surface area (Å²) in [4.78, 5) is 0. The Morgan fingerprint density at radius 3 is 2.12 bits per heavy atom. The van der Waals surface area contributed by atoms with Crippen molar-refractivity contribution in [3.63, 3.8) is 0 Å². The third-order valence-corrected chi connectivity index (χ3v) is 3.92. The molecule has 0 spiro atoms. The van der Waals surface area contributed by atoms with Crippen LogP contribution in [0.4, 0.5) is 8.78 Å². The molecule has 0 amide bonds. The van der Waals surface area contributed by atoms with Crippen LogP contribution in [0.2, 0.25) is 0 Å². The lowest BCUT2D eigenvalue weighted by molar-refractivity contribution is -0.114. The Bertz CT molecular complexity index is 386. The molecule has 0 radical (unpaired) electrons. The first-order valence-electron chi connectivity index (χ1n) is 5.42. The van der Waals surface area contributed by atoms with Gasteiger partial charge in [0.1, 0.15) is 0 Å². The van der Waals surface area contributed by atoms with E-state index in [4.69, 9.17) is 0 Å². The molecule has 1 saturated carbocycles. The molecule has 16 heavy (non-hydrogen) atoms. The van der Waals surface area contributed by atoms with Crippen molar-refractivity contribution in [3.8, 4) is 0 Å². The van der Waals surface area contributed by atoms with Crippen LogP contribution in [0.25, 0.3) is 0 Å². The zero-order chi connectivity index (χ0) is 12.0. The summed E-state index contributed by atoms with van der Waals surface area (Å²) in [6.07, 6.45) is 0.360. The summed E-state index contributed by atoms with van der Waals surface area (Å²) < 4.78 is 28.7. The molecule has 0 saturated heterocycles. The lowest BCUT2D eigenvalue weighted by Crippen LogP contribution is -2.34. The second-order valence-electron chi connectivity index (χ2n) is 5.24. The average Bonchev–Trinajstić information content (AvgIpc) is 2.84. The van der Waals surface area contributed by atoms with E-state index in [2.05, 4.69) is 0 Å². The molecule has 1 aromatic carbocycles. The number of hydrogen-bond acceptors (Lipinski definition) is 1. The fourth-order valence-corrected chi connectivity index (χ4v) is 2.54. The Morgan fingerprint density at radius 2 is 1.75 bits per heavy atom. The van der Waals surface area contributed by atoms with Gasteiger partial charge in [-0.1, -0.05) is 44.2 Å². The summed E-state index contributed by atoms with van der Waals surface area (Å²) in [6.45, 7) is 3.09. The summed E-state index contributed by atoms with van der Waals surface area (Å²) in [5, 5.41) is 9.31. The number of alkyl halides is 2. The lowest BCUT2D eigenvalue weighted by Gasteiger charge is -2.29. The Labute approximate surface area is 94.1 Å². The number of halogens is 2. The van der Waals surface area contributed by atoms with Crippen molar-refractivity contribution in [2.45, 2.75) is 26.2 Å². The van der Waals surface area contributed by atoms with Crippen LogP contribution in [0.3, 0.4) is 0 Å². The smallest absolute Gasteiger partial charge is 0.281 e. The minimum Gasteiger partial charge on any atom is -0.396 e. The summed E-state index contributed by atoms with van der Waals surface area (Å²) in [6, 6.07) is 7.76. The topological polar surface area (TPSA) is 20.2 Å². The highest BCUT2D eigenvalue weighted by Crippen LogP contribution is 2.72. The van der Waals surface area contributed by atoms with Crippen LogP contribution in [0.1, 0.15) is 25.8 Å². The van der Waals surface area contributed by atoms with Gasteiger partial charge in [0.15, 0.2) is 0 Å². The van der Waals surface area contributed by atoms with Gasteiger partial charge in [0.2, 0.25) is 0 Å². The molecule has 0 heterocycles. The van der Waals surface area contributed by atoms with Gasteiger partial charge in [0.25, 0.3) is 5.92 Å². The standard InChI is InChI=1S/C13H16F2O/c1-11(2)8-12(11,9-16)13(14,15)10-6-4-3-5-7-10/h3-7,16H,8-9H2,1-2H3. The second kappa shape index (κ2) is 3.27. The van der Waals surface area contributed by atoms with E-state index in [1.807, 2.05) is 0 Å². The molecule has 1 aromatic rings. The molecule has 1 fully saturated rings. The molecule has 1 nitrogen and oxygen atoms in total. The van der Waals surface area contributed by atoms with Crippen LogP contribution in [-0.2, 0) is 5.92 Å². The molecule has 0 aliphatic heterocycles. The summed E-state index contributed by atoms with van der Waals surface area (Å²) in [5.41, 5.74) is -1.79. The molecule has 0 aromatic heterocycles. The number of benzene rings is 1. The average molecular weight is 226 g/mol.